The molecule has 0 spiro atoms. The van der Waals surface area contributed by atoms with Gasteiger partial charge in [0.2, 0.25) is 5.76 Å². The zero-order valence-corrected chi connectivity index (χ0v) is 14.8. The topological polar surface area (TPSA) is 111 Å². The molecule has 2 aliphatic heterocycles. The molecule has 2 aromatic heterocycles. The molecule has 4 rings (SSSR count). The Labute approximate surface area is 155 Å². The largest absolute Gasteiger partial charge is 0.479 e. The summed E-state index contributed by atoms with van der Waals surface area (Å²) in [6, 6.07) is 1.20. The maximum absolute atomic E-state index is 12.9. The Morgan fingerprint density at radius 3 is 2.89 bits per heavy atom. The Morgan fingerprint density at radius 1 is 1.26 bits per heavy atom. The van der Waals surface area contributed by atoms with Crippen LogP contribution in [-0.2, 0) is 4.74 Å². The minimum Gasteiger partial charge on any atom is -0.479 e. The van der Waals surface area contributed by atoms with E-state index < -0.39 is 0 Å². The highest BCUT2D eigenvalue weighted by Gasteiger charge is 2.41. The van der Waals surface area contributed by atoms with Gasteiger partial charge in [0.15, 0.2) is 0 Å². The van der Waals surface area contributed by atoms with Crippen LogP contribution >= 0.6 is 0 Å². The Balaban J connectivity index is 1.52. The molecule has 0 radical (unpaired) electrons. The summed E-state index contributed by atoms with van der Waals surface area (Å²) in [4.78, 5) is 37.0. The molecule has 0 bridgehead atoms. The quantitative estimate of drug-likeness (QED) is 0.752. The van der Waals surface area contributed by atoms with Gasteiger partial charge < -0.3 is 23.8 Å². The second-order valence-electron chi connectivity index (χ2n) is 6.34. The number of piperidine rings is 1. The molecule has 0 aliphatic carbocycles. The Kier molecular flexibility index (Phi) is 4.71. The average Bonchev–Trinajstić information content (AvgIpc) is 3.22. The lowest BCUT2D eigenvalue weighted by Crippen LogP contribution is -2.62. The number of amides is 2. The minimum atomic E-state index is -0.290. The first kappa shape index (κ1) is 17.4. The van der Waals surface area contributed by atoms with Crippen LogP contribution < -0.4 is 4.74 Å². The Bertz CT molecular complexity index is 826. The number of nitrogens with zero attached hydrogens (tertiary/aromatic N) is 5. The minimum absolute atomic E-state index is 0.105. The molecule has 2 aromatic rings. The highest BCUT2D eigenvalue weighted by Crippen LogP contribution is 2.26. The third-order valence-electron chi connectivity index (χ3n) is 4.82. The molecule has 0 aromatic carbocycles. The molecule has 0 N–H and O–H groups in total. The summed E-state index contributed by atoms with van der Waals surface area (Å²) < 4.78 is 15.8. The van der Waals surface area contributed by atoms with Crippen molar-refractivity contribution in [3.63, 3.8) is 0 Å². The van der Waals surface area contributed by atoms with Gasteiger partial charge in [0, 0.05) is 32.0 Å². The van der Waals surface area contributed by atoms with Gasteiger partial charge in [-0.1, -0.05) is 0 Å². The molecule has 10 heteroatoms. The number of rotatable bonds is 3. The van der Waals surface area contributed by atoms with Crippen LogP contribution in [-0.4, -0.2) is 82.2 Å². The van der Waals surface area contributed by atoms with Crippen molar-refractivity contribution >= 4 is 11.8 Å². The van der Waals surface area contributed by atoms with E-state index in [1.165, 1.54) is 31.8 Å². The summed E-state index contributed by atoms with van der Waals surface area (Å²) in [6.07, 6.45) is 4.96. The van der Waals surface area contributed by atoms with E-state index in [1.54, 1.807) is 9.80 Å². The molecule has 2 fully saturated rings. The molecule has 2 saturated heterocycles. The van der Waals surface area contributed by atoms with Crippen molar-refractivity contribution in [2.75, 3.05) is 33.4 Å². The highest BCUT2D eigenvalue weighted by molar-refractivity contribution is 5.93. The zero-order valence-electron chi connectivity index (χ0n) is 14.8. The zero-order chi connectivity index (χ0) is 18.8. The first-order valence-electron chi connectivity index (χ1n) is 8.66. The standard InChI is InChI=1S/C17H19N5O5/c1-25-15-8-14(27-20-15)17(24)21-5-2-13-12(10-21)22(6-7-26-13)16(23)11-9-18-3-4-19-11/h3-4,8-9,12-13H,2,5-7,10H2,1H3/t12-,13-/m0/s1. The van der Waals surface area contributed by atoms with Crippen LogP contribution in [0.3, 0.4) is 0 Å². The number of methoxy groups -OCH3 is 1. The number of carbonyl (C=O) groups excluding carboxylic acids is 2. The Morgan fingerprint density at radius 2 is 2.15 bits per heavy atom. The van der Waals surface area contributed by atoms with Crippen LogP contribution in [0.25, 0.3) is 0 Å². The van der Waals surface area contributed by atoms with E-state index in [9.17, 15) is 9.59 Å². The smallest absolute Gasteiger partial charge is 0.292 e. The van der Waals surface area contributed by atoms with Gasteiger partial charge in [-0.25, -0.2) is 4.98 Å². The molecule has 27 heavy (non-hydrogen) atoms. The van der Waals surface area contributed by atoms with Gasteiger partial charge in [-0.05, 0) is 11.6 Å². The van der Waals surface area contributed by atoms with Crippen molar-refractivity contribution in [2.45, 2.75) is 18.6 Å². The monoisotopic (exact) mass is 373 g/mol. The molecule has 10 nitrogen and oxygen atoms in total. The van der Waals surface area contributed by atoms with E-state index >= 15 is 0 Å². The fraction of sp³-hybridized carbons (Fsp3) is 0.471. The van der Waals surface area contributed by atoms with E-state index in [1.807, 2.05) is 0 Å². The number of hydrogen-bond acceptors (Lipinski definition) is 8. The fourth-order valence-electron chi connectivity index (χ4n) is 3.48. The summed E-state index contributed by atoms with van der Waals surface area (Å²) >= 11 is 0. The predicted octanol–water partition coefficient (Wildman–Crippen LogP) is 0.229. The maximum atomic E-state index is 12.9. The third-order valence-corrected chi connectivity index (χ3v) is 4.82. The molecule has 2 atom stereocenters. The van der Waals surface area contributed by atoms with E-state index in [2.05, 4.69) is 15.1 Å². The van der Waals surface area contributed by atoms with E-state index in [-0.39, 0.29) is 41.3 Å². The number of morpholine rings is 1. The van der Waals surface area contributed by atoms with Crippen molar-refractivity contribution < 1.29 is 23.6 Å². The van der Waals surface area contributed by atoms with Gasteiger partial charge >= 0.3 is 0 Å². The fourth-order valence-corrected chi connectivity index (χ4v) is 3.48. The highest BCUT2D eigenvalue weighted by atomic mass is 16.5. The number of likely N-dealkylation sites (tertiary alicyclic amines) is 1. The Hall–Kier alpha value is -3.01. The lowest BCUT2D eigenvalue weighted by molar-refractivity contribution is -0.0858. The molecule has 4 heterocycles. The van der Waals surface area contributed by atoms with Gasteiger partial charge in [-0.3, -0.25) is 14.6 Å². The SMILES string of the molecule is COc1cc(C(=O)N2CC[C@@H]3OCCN(C(=O)c4cnccn4)[C@H]3C2)on1. The van der Waals surface area contributed by atoms with Gasteiger partial charge in [-0.15, -0.1) is 0 Å². The van der Waals surface area contributed by atoms with Crippen molar-refractivity contribution in [1.29, 1.82) is 0 Å². The van der Waals surface area contributed by atoms with Crippen LogP contribution in [0, 0.1) is 0 Å². The number of ether oxygens (including phenoxy) is 2. The van der Waals surface area contributed by atoms with Crippen LogP contribution in [0.4, 0.5) is 0 Å². The van der Waals surface area contributed by atoms with Gasteiger partial charge in [0.25, 0.3) is 17.7 Å². The van der Waals surface area contributed by atoms with Crippen LogP contribution in [0.5, 0.6) is 5.88 Å². The van der Waals surface area contributed by atoms with Gasteiger partial charge in [0.05, 0.1) is 38.1 Å². The lowest BCUT2D eigenvalue weighted by atomic mass is 9.98. The summed E-state index contributed by atoms with van der Waals surface area (Å²) in [5, 5.41) is 3.67. The van der Waals surface area contributed by atoms with Crippen molar-refractivity contribution in [2.24, 2.45) is 0 Å². The molecule has 142 valence electrons. The van der Waals surface area contributed by atoms with Crippen LogP contribution in [0.1, 0.15) is 27.5 Å². The first-order chi connectivity index (χ1) is 13.2. The van der Waals surface area contributed by atoms with Crippen molar-refractivity contribution in [3.05, 3.63) is 36.1 Å². The molecule has 0 saturated carbocycles. The van der Waals surface area contributed by atoms with Gasteiger partial charge in [0.1, 0.15) is 5.69 Å². The molecular formula is C17H19N5O5. The molecule has 2 amide bonds. The summed E-state index contributed by atoms with van der Waals surface area (Å²) in [6.45, 7) is 1.75. The average molecular weight is 373 g/mol. The first-order valence-corrected chi connectivity index (χ1v) is 8.66. The third kappa shape index (κ3) is 3.35. The number of aromatic nitrogens is 3. The summed E-state index contributed by atoms with van der Waals surface area (Å²) in [5.41, 5.74) is 0.279. The molecule has 0 unspecified atom stereocenters. The van der Waals surface area contributed by atoms with Crippen molar-refractivity contribution in [3.8, 4) is 5.88 Å². The normalized spacial score (nSPS) is 22.3. The summed E-state index contributed by atoms with van der Waals surface area (Å²) in [5.74, 6) is -0.152. The van der Waals surface area contributed by atoms with Crippen LogP contribution in [0.2, 0.25) is 0 Å². The van der Waals surface area contributed by atoms with Crippen LogP contribution in [0.15, 0.2) is 29.2 Å². The number of carbonyl (C=O) groups is 2. The van der Waals surface area contributed by atoms with E-state index in [4.69, 9.17) is 14.0 Å². The van der Waals surface area contributed by atoms with E-state index in [0.29, 0.717) is 32.7 Å². The predicted molar refractivity (Wildman–Crippen MR) is 90.2 cm³/mol. The summed E-state index contributed by atoms with van der Waals surface area (Å²) in [7, 11) is 1.45. The lowest BCUT2D eigenvalue weighted by Gasteiger charge is -2.46. The molecular weight excluding hydrogens is 354 g/mol. The number of hydrogen-bond donors (Lipinski definition) is 0. The second-order valence-corrected chi connectivity index (χ2v) is 6.34. The van der Waals surface area contributed by atoms with Gasteiger partial charge in [-0.2, -0.15) is 0 Å². The van der Waals surface area contributed by atoms with Crippen molar-refractivity contribution in [1.82, 2.24) is 24.9 Å². The molecule has 2 aliphatic rings. The maximum Gasteiger partial charge on any atom is 0.292 e. The number of fused-ring (bicyclic) bond motifs is 1. The van der Waals surface area contributed by atoms with E-state index in [0.717, 1.165) is 0 Å². The second kappa shape index (κ2) is 7.31.